The third kappa shape index (κ3) is 2.75. The topological polar surface area (TPSA) is 85.9 Å². The van der Waals surface area contributed by atoms with Gasteiger partial charge in [0.05, 0.1) is 17.5 Å². The Morgan fingerprint density at radius 3 is 2.88 bits per heavy atom. The molecule has 0 spiro atoms. The average Bonchev–Trinajstić information content (AvgIpc) is 3.24. The Kier molecular flexibility index (Phi) is 4.13. The van der Waals surface area contributed by atoms with E-state index < -0.39 is 0 Å². The Morgan fingerprint density at radius 2 is 2.17 bits per heavy atom. The van der Waals surface area contributed by atoms with Gasteiger partial charge in [0.2, 0.25) is 0 Å². The maximum Gasteiger partial charge on any atom is 0.259 e. The van der Waals surface area contributed by atoms with Gasteiger partial charge < -0.3 is 9.72 Å². The number of aromatic amines is 1. The van der Waals surface area contributed by atoms with Crippen LogP contribution in [0.25, 0.3) is 22.2 Å². The van der Waals surface area contributed by atoms with E-state index in [1.807, 2.05) is 35.0 Å². The number of benzene rings is 1. The maximum absolute atomic E-state index is 12.4. The molecule has 7 heteroatoms. The Morgan fingerprint density at radius 1 is 1.33 bits per heavy atom. The van der Waals surface area contributed by atoms with Gasteiger partial charge in [-0.25, -0.2) is 0 Å². The van der Waals surface area contributed by atoms with E-state index in [2.05, 4.69) is 4.98 Å². The normalized spacial score (nSPS) is 17.6. The van der Waals surface area contributed by atoms with Crippen LogP contribution in [0.15, 0.2) is 46.2 Å². The van der Waals surface area contributed by atoms with Crippen LogP contribution in [0, 0.1) is 5.92 Å². The molecule has 0 amide bonds. The van der Waals surface area contributed by atoms with Crippen LogP contribution in [0.2, 0.25) is 0 Å². The monoisotopic (exact) mass is 342 g/mol. The molecule has 4 rings (SSSR count). The van der Waals surface area contributed by atoms with Gasteiger partial charge in [-0.2, -0.15) is 5.10 Å². The Balaban J connectivity index is 1.83. The van der Waals surface area contributed by atoms with Crippen LogP contribution < -0.4 is 10.7 Å². The number of H-pyrrole nitrogens is 1. The molecule has 1 unspecified atom stereocenters. The van der Waals surface area contributed by atoms with Gasteiger partial charge in [0, 0.05) is 35.7 Å². The summed E-state index contributed by atoms with van der Waals surface area (Å²) in [5.74, 6) is 0.441. The van der Waals surface area contributed by atoms with Gasteiger partial charge in [-0.05, 0) is 36.6 Å². The summed E-state index contributed by atoms with van der Waals surface area (Å²) in [7, 11) is 0. The van der Waals surface area contributed by atoms with Crippen molar-refractivity contribution in [2.24, 2.45) is 11.1 Å². The molecule has 0 aliphatic carbocycles. The molecule has 6 nitrogen and oxygen atoms in total. The van der Waals surface area contributed by atoms with E-state index in [9.17, 15) is 4.79 Å². The lowest BCUT2D eigenvalue weighted by molar-refractivity contribution is 0.182. The summed E-state index contributed by atoms with van der Waals surface area (Å²) < 4.78 is 7.39. The molecule has 0 saturated carbocycles. The zero-order valence-corrected chi connectivity index (χ0v) is 13.9. The molecule has 1 aromatic carbocycles. The summed E-state index contributed by atoms with van der Waals surface area (Å²) in [6.45, 7) is 2.31. The molecule has 3 aromatic rings. The molecule has 1 fully saturated rings. The third-order valence-electron chi connectivity index (χ3n) is 4.39. The summed E-state index contributed by atoms with van der Waals surface area (Å²) in [5, 5.41) is 11.0. The van der Waals surface area contributed by atoms with Gasteiger partial charge >= 0.3 is 0 Å². The summed E-state index contributed by atoms with van der Waals surface area (Å²) in [5.41, 5.74) is 2.36. The van der Waals surface area contributed by atoms with Crippen molar-refractivity contribution < 1.29 is 4.74 Å². The van der Waals surface area contributed by atoms with Crippen molar-refractivity contribution in [1.29, 1.82) is 0 Å². The molecule has 1 aliphatic heterocycles. The number of hydrogen-bond donors (Lipinski definition) is 2. The van der Waals surface area contributed by atoms with E-state index in [0.717, 1.165) is 42.2 Å². The fraction of sp³-hybridized carbons (Fsp3) is 0.294. The van der Waals surface area contributed by atoms with Crippen LogP contribution in [-0.2, 0) is 11.3 Å². The highest BCUT2D eigenvalue weighted by Gasteiger charge is 2.20. The minimum Gasteiger partial charge on any atom is -0.381 e. The lowest BCUT2D eigenvalue weighted by Gasteiger charge is -2.08. The second-order valence-corrected chi connectivity index (χ2v) is 6.68. The standard InChI is InChI=1S/C17H18N4O2S/c18-24-13-3-1-12(2-4-13)16-15-14(5-7-19-17(15)22)21(20-16)9-11-6-8-23-10-11/h1-5,7,11H,6,8-10,18H2,(H,19,22). The SMILES string of the molecule is NSc1ccc(-c2nn(CC3CCOC3)c3cc[nH]c(=O)c23)cc1. The average molecular weight is 342 g/mol. The smallest absolute Gasteiger partial charge is 0.259 e. The highest BCUT2D eigenvalue weighted by Crippen LogP contribution is 2.28. The molecular weight excluding hydrogens is 324 g/mol. The van der Waals surface area contributed by atoms with E-state index >= 15 is 0 Å². The zero-order chi connectivity index (χ0) is 16.5. The van der Waals surface area contributed by atoms with Gasteiger partial charge in [-0.1, -0.05) is 12.1 Å². The highest BCUT2D eigenvalue weighted by atomic mass is 32.2. The number of nitrogens with zero attached hydrogens (tertiary/aromatic N) is 2. The van der Waals surface area contributed by atoms with Crippen LogP contribution in [0.1, 0.15) is 6.42 Å². The first-order chi connectivity index (χ1) is 11.8. The predicted octanol–water partition coefficient (Wildman–Crippen LogP) is 2.39. The highest BCUT2D eigenvalue weighted by molar-refractivity contribution is 7.97. The summed E-state index contributed by atoms with van der Waals surface area (Å²) >= 11 is 1.20. The number of nitrogens with two attached hydrogens (primary N) is 1. The lowest BCUT2D eigenvalue weighted by atomic mass is 10.1. The molecule has 1 aliphatic rings. The van der Waals surface area contributed by atoms with E-state index in [1.54, 1.807) is 6.20 Å². The first-order valence-corrected chi connectivity index (χ1v) is 8.77. The van der Waals surface area contributed by atoms with Crippen molar-refractivity contribution in [3.8, 4) is 11.3 Å². The number of nitrogens with one attached hydrogen (secondary N) is 1. The van der Waals surface area contributed by atoms with E-state index in [4.69, 9.17) is 15.0 Å². The van der Waals surface area contributed by atoms with Crippen molar-refractivity contribution in [2.45, 2.75) is 17.9 Å². The van der Waals surface area contributed by atoms with Gasteiger partial charge in [0.1, 0.15) is 5.69 Å². The molecule has 24 heavy (non-hydrogen) atoms. The van der Waals surface area contributed by atoms with Crippen molar-refractivity contribution in [3.63, 3.8) is 0 Å². The van der Waals surface area contributed by atoms with E-state index in [0.29, 0.717) is 17.0 Å². The number of hydrogen-bond acceptors (Lipinski definition) is 5. The molecule has 3 N–H and O–H groups in total. The Hall–Kier alpha value is -2.09. The van der Waals surface area contributed by atoms with Gasteiger partial charge in [0.15, 0.2) is 0 Å². The Labute approximate surface area is 143 Å². The second kappa shape index (κ2) is 6.43. The Bertz CT molecular complexity index is 910. The number of ether oxygens (including phenoxy) is 1. The van der Waals surface area contributed by atoms with Crippen molar-refractivity contribution in [1.82, 2.24) is 14.8 Å². The summed E-state index contributed by atoms with van der Waals surface area (Å²) in [4.78, 5) is 16.1. The largest absolute Gasteiger partial charge is 0.381 e. The molecule has 0 radical (unpaired) electrons. The van der Waals surface area contributed by atoms with Crippen molar-refractivity contribution in [3.05, 3.63) is 46.9 Å². The minimum absolute atomic E-state index is 0.117. The summed E-state index contributed by atoms with van der Waals surface area (Å²) in [6.07, 6.45) is 2.70. The number of aromatic nitrogens is 3. The molecular formula is C17H18N4O2S. The van der Waals surface area contributed by atoms with E-state index in [-0.39, 0.29) is 5.56 Å². The van der Waals surface area contributed by atoms with Crippen LogP contribution in [0.3, 0.4) is 0 Å². The molecule has 3 heterocycles. The van der Waals surface area contributed by atoms with Crippen LogP contribution >= 0.6 is 11.9 Å². The molecule has 0 bridgehead atoms. The quantitative estimate of drug-likeness (QED) is 0.711. The molecule has 124 valence electrons. The second-order valence-electron chi connectivity index (χ2n) is 5.97. The first-order valence-electron chi connectivity index (χ1n) is 7.89. The van der Waals surface area contributed by atoms with Crippen molar-refractivity contribution >= 4 is 22.9 Å². The van der Waals surface area contributed by atoms with E-state index in [1.165, 1.54) is 11.9 Å². The fourth-order valence-corrected chi connectivity index (χ4v) is 3.43. The predicted molar refractivity (Wildman–Crippen MR) is 94.8 cm³/mol. The van der Waals surface area contributed by atoms with Gasteiger partial charge in [-0.15, -0.1) is 0 Å². The van der Waals surface area contributed by atoms with Gasteiger partial charge in [-0.3, -0.25) is 14.6 Å². The van der Waals surface area contributed by atoms with Crippen molar-refractivity contribution in [2.75, 3.05) is 13.2 Å². The number of pyridine rings is 1. The summed E-state index contributed by atoms with van der Waals surface area (Å²) in [6, 6.07) is 9.69. The number of rotatable bonds is 4. The fourth-order valence-electron chi connectivity index (χ4n) is 3.14. The van der Waals surface area contributed by atoms with Crippen LogP contribution in [-0.4, -0.2) is 28.0 Å². The first kappa shape index (κ1) is 15.4. The lowest BCUT2D eigenvalue weighted by Crippen LogP contribution is -2.12. The van der Waals surface area contributed by atoms with Crippen LogP contribution in [0.4, 0.5) is 0 Å². The third-order valence-corrected chi connectivity index (χ3v) is 4.94. The molecule has 2 aromatic heterocycles. The molecule has 1 atom stereocenters. The van der Waals surface area contributed by atoms with Gasteiger partial charge in [0.25, 0.3) is 5.56 Å². The zero-order valence-electron chi connectivity index (χ0n) is 13.1. The molecule has 1 saturated heterocycles. The minimum atomic E-state index is -0.117. The maximum atomic E-state index is 12.4. The van der Waals surface area contributed by atoms with Crippen LogP contribution in [0.5, 0.6) is 0 Å². The number of fused-ring (bicyclic) bond motifs is 1.